The fourth-order valence-electron chi connectivity index (χ4n) is 2.86. The highest BCUT2D eigenvalue weighted by Crippen LogP contribution is 2.23. The second kappa shape index (κ2) is 5.21. The van der Waals surface area contributed by atoms with E-state index < -0.39 is 0 Å². The molecule has 2 aromatic heterocycles. The maximum Gasteiger partial charge on any atom is 0.201 e. The average molecular weight is 302 g/mol. The van der Waals surface area contributed by atoms with Crippen molar-refractivity contribution in [1.29, 1.82) is 0 Å². The highest BCUT2D eigenvalue weighted by atomic mass is 16.1. The van der Waals surface area contributed by atoms with Crippen LogP contribution in [0.3, 0.4) is 0 Å². The number of aldehydes is 1. The molecule has 2 N–H and O–H groups in total. The van der Waals surface area contributed by atoms with Gasteiger partial charge in [-0.3, -0.25) is 9.78 Å². The molecule has 0 saturated carbocycles. The van der Waals surface area contributed by atoms with Crippen LogP contribution in [0.4, 0.5) is 5.95 Å². The minimum absolute atomic E-state index is 0.427. The van der Waals surface area contributed by atoms with Gasteiger partial charge in [0.05, 0.1) is 23.1 Å². The van der Waals surface area contributed by atoms with Crippen LogP contribution in [0, 0.1) is 0 Å². The van der Waals surface area contributed by atoms with Crippen molar-refractivity contribution in [2.45, 2.75) is 6.54 Å². The number of pyridine rings is 1. The van der Waals surface area contributed by atoms with Gasteiger partial charge in [-0.15, -0.1) is 0 Å². The van der Waals surface area contributed by atoms with E-state index in [1.165, 1.54) is 0 Å². The lowest BCUT2D eigenvalue weighted by Crippen LogP contribution is -2.05. The summed E-state index contributed by atoms with van der Waals surface area (Å²) >= 11 is 0. The molecule has 5 nitrogen and oxygen atoms in total. The lowest BCUT2D eigenvalue weighted by atomic mass is 10.1. The van der Waals surface area contributed by atoms with Crippen LogP contribution in [-0.2, 0) is 6.54 Å². The summed E-state index contributed by atoms with van der Waals surface area (Å²) in [5.74, 6) is 0.427. The number of nitrogens with two attached hydrogens (primary N) is 1. The van der Waals surface area contributed by atoms with Crippen LogP contribution in [0.1, 0.15) is 15.9 Å². The Hall–Kier alpha value is -3.21. The van der Waals surface area contributed by atoms with Crippen molar-refractivity contribution in [2.24, 2.45) is 0 Å². The molecule has 0 atom stereocenters. The van der Waals surface area contributed by atoms with E-state index in [9.17, 15) is 4.79 Å². The number of anilines is 1. The van der Waals surface area contributed by atoms with Gasteiger partial charge in [0.25, 0.3) is 0 Å². The molecule has 4 rings (SSSR count). The largest absolute Gasteiger partial charge is 0.369 e. The molecule has 2 heterocycles. The molecule has 5 heteroatoms. The molecule has 0 fully saturated rings. The van der Waals surface area contributed by atoms with E-state index in [0.29, 0.717) is 18.1 Å². The normalized spacial score (nSPS) is 11.1. The minimum Gasteiger partial charge on any atom is -0.369 e. The van der Waals surface area contributed by atoms with Gasteiger partial charge in [-0.2, -0.15) is 0 Å². The third-order valence-electron chi connectivity index (χ3n) is 3.98. The number of aromatic nitrogens is 3. The van der Waals surface area contributed by atoms with E-state index in [1.807, 2.05) is 47.0 Å². The molecule has 0 aliphatic carbocycles. The Morgan fingerprint density at radius 1 is 1.13 bits per heavy atom. The highest BCUT2D eigenvalue weighted by molar-refractivity contribution is 5.87. The third-order valence-corrected chi connectivity index (χ3v) is 3.98. The Morgan fingerprint density at radius 2 is 2.00 bits per heavy atom. The Balaban J connectivity index is 1.89. The van der Waals surface area contributed by atoms with Gasteiger partial charge in [-0.25, -0.2) is 4.98 Å². The zero-order chi connectivity index (χ0) is 15.8. The van der Waals surface area contributed by atoms with Crippen molar-refractivity contribution in [3.63, 3.8) is 0 Å². The maximum atomic E-state index is 11.0. The molecule has 112 valence electrons. The summed E-state index contributed by atoms with van der Waals surface area (Å²) in [4.78, 5) is 19.9. The van der Waals surface area contributed by atoms with Crippen molar-refractivity contribution >= 4 is 34.2 Å². The number of rotatable bonds is 3. The summed E-state index contributed by atoms with van der Waals surface area (Å²) in [7, 11) is 0. The maximum absolute atomic E-state index is 11.0. The smallest absolute Gasteiger partial charge is 0.201 e. The quantitative estimate of drug-likeness (QED) is 0.590. The van der Waals surface area contributed by atoms with E-state index in [1.54, 1.807) is 12.3 Å². The standard InChI is InChI=1S/C18H14N4O/c19-18-21-15-7-6-12(11-23)9-16(15)22(18)10-14-4-1-3-13-5-2-8-20-17(13)14/h1-9,11H,10H2,(H2,19,21). The number of carbonyl (C=O) groups excluding carboxylic acids is 1. The second-order valence-corrected chi connectivity index (χ2v) is 5.41. The van der Waals surface area contributed by atoms with Crippen LogP contribution >= 0.6 is 0 Å². The number of imidazole rings is 1. The fraction of sp³-hybridized carbons (Fsp3) is 0.0556. The molecular weight excluding hydrogens is 288 g/mol. The number of carbonyl (C=O) groups is 1. The molecule has 4 aromatic rings. The SMILES string of the molecule is Nc1nc2ccc(C=O)cc2n1Cc1cccc2cccnc12. The zero-order valence-electron chi connectivity index (χ0n) is 12.3. The summed E-state index contributed by atoms with van der Waals surface area (Å²) in [6.07, 6.45) is 2.61. The lowest BCUT2D eigenvalue weighted by molar-refractivity contribution is 0.112. The number of fused-ring (bicyclic) bond motifs is 2. The van der Waals surface area contributed by atoms with Crippen LogP contribution in [0.5, 0.6) is 0 Å². The van der Waals surface area contributed by atoms with E-state index in [4.69, 9.17) is 5.73 Å². The molecule has 0 aliphatic rings. The predicted octanol–water partition coefficient (Wildman–Crippen LogP) is 3.03. The van der Waals surface area contributed by atoms with E-state index in [0.717, 1.165) is 33.8 Å². The van der Waals surface area contributed by atoms with E-state index >= 15 is 0 Å². The minimum atomic E-state index is 0.427. The number of nitrogens with zero attached hydrogens (tertiary/aromatic N) is 3. The summed E-state index contributed by atoms with van der Waals surface area (Å²) in [5, 5.41) is 1.08. The summed E-state index contributed by atoms with van der Waals surface area (Å²) in [6.45, 7) is 0.555. The van der Waals surface area contributed by atoms with Crippen LogP contribution in [0.15, 0.2) is 54.7 Å². The molecule has 0 saturated heterocycles. The third kappa shape index (κ3) is 2.23. The van der Waals surface area contributed by atoms with Gasteiger partial charge in [-0.05, 0) is 29.8 Å². The molecule has 0 spiro atoms. The van der Waals surface area contributed by atoms with Gasteiger partial charge >= 0.3 is 0 Å². The van der Waals surface area contributed by atoms with Gasteiger partial charge in [0.1, 0.15) is 6.29 Å². The number of benzene rings is 2. The summed E-state index contributed by atoms with van der Waals surface area (Å²) in [6, 6.07) is 15.4. The monoisotopic (exact) mass is 302 g/mol. The van der Waals surface area contributed by atoms with Gasteiger partial charge < -0.3 is 10.3 Å². The van der Waals surface area contributed by atoms with Gasteiger partial charge in [-0.1, -0.05) is 24.3 Å². The van der Waals surface area contributed by atoms with Crippen molar-refractivity contribution in [1.82, 2.24) is 14.5 Å². The average Bonchev–Trinajstić information content (AvgIpc) is 2.90. The van der Waals surface area contributed by atoms with Crippen LogP contribution in [-0.4, -0.2) is 20.8 Å². The highest BCUT2D eigenvalue weighted by Gasteiger charge is 2.11. The van der Waals surface area contributed by atoms with Gasteiger partial charge in [0, 0.05) is 17.1 Å². The van der Waals surface area contributed by atoms with Crippen molar-refractivity contribution in [3.8, 4) is 0 Å². The Kier molecular flexibility index (Phi) is 3.05. The Labute approximate surface area is 132 Å². The van der Waals surface area contributed by atoms with Crippen molar-refractivity contribution in [2.75, 3.05) is 5.73 Å². The fourth-order valence-corrected chi connectivity index (χ4v) is 2.86. The Bertz CT molecular complexity index is 1030. The molecule has 0 unspecified atom stereocenters. The molecule has 23 heavy (non-hydrogen) atoms. The first kappa shape index (κ1) is 13.5. The second-order valence-electron chi connectivity index (χ2n) is 5.41. The number of para-hydroxylation sites is 1. The lowest BCUT2D eigenvalue weighted by Gasteiger charge is -2.09. The van der Waals surface area contributed by atoms with Crippen molar-refractivity contribution < 1.29 is 4.79 Å². The molecule has 0 bridgehead atoms. The zero-order valence-corrected chi connectivity index (χ0v) is 12.3. The molecule has 2 aromatic carbocycles. The van der Waals surface area contributed by atoms with Crippen LogP contribution in [0.25, 0.3) is 21.9 Å². The van der Waals surface area contributed by atoms with E-state index in [2.05, 4.69) is 9.97 Å². The van der Waals surface area contributed by atoms with Gasteiger partial charge in [0.2, 0.25) is 5.95 Å². The van der Waals surface area contributed by atoms with Gasteiger partial charge in [0.15, 0.2) is 0 Å². The first-order valence-electron chi connectivity index (χ1n) is 7.30. The number of nitrogen functional groups attached to an aromatic ring is 1. The Morgan fingerprint density at radius 3 is 2.87 bits per heavy atom. The molecule has 0 aliphatic heterocycles. The van der Waals surface area contributed by atoms with Crippen molar-refractivity contribution in [3.05, 3.63) is 65.9 Å². The first-order chi connectivity index (χ1) is 11.3. The number of hydrogen-bond acceptors (Lipinski definition) is 4. The summed E-state index contributed by atoms with van der Waals surface area (Å²) < 4.78 is 1.91. The molecule has 0 radical (unpaired) electrons. The molecular formula is C18H14N4O. The topological polar surface area (TPSA) is 73.8 Å². The van der Waals surface area contributed by atoms with Crippen LogP contribution in [0.2, 0.25) is 0 Å². The predicted molar refractivity (Wildman–Crippen MR) is 90.4 cm³/mol. The number of hydrogen-bond donors (Lipinski definition) is 1. The van der Waals surface area contributed by atoms with Crippen LogP contribution < -0.4 is 5.73 Å². The summed E-state index contributed by atoms with van der Waals surface area (Å²) in [5.41, 5.74) is 10.3. The first-order valence-corrected chi connectivity index (χ1v) is 7.30. The van der Waals surface area contributed by atoms with E-state index in [-0.39, 0.29) is 0 Å². The molecule has 0 amide bonds.